The zero-order valence-electron chi connectivity index (χ0n) is 15.5. The van der Waals surface area contributed by atoms with E-state index in [4.69, 9.17) is 4.74 Å². The van der Waals surface area contributed by atoms with E-state index >= 15 is 0 Å². The first-order valence-electron chi connectivity index (χ1n) is 9.60. The smallest absolute Gasteiger partial charge is 0.0736 e. The average molecular weight is 359 g/mol. The fraction of sp³-hybridized carbons (Fsp3) is 0.304. The van der Waals surface area contributed by atoms with E-state index in [-0.39, 0.29) is 0 Å². The lowest BCUT2D eigenvalue weighted by Crippen LogP contribution is -2.39. The average Bonchev–Trinajstić information content (AvgIpc) is 2.75. The summed E-state index contributed by atoms with van der Waals surface area (Å²) in [6.07, 6.45) is 8.13. The normalized spacial score (nSPS) is 17.7. The van der Waals surface area contributed by atoms with Crippen LogP contribution >= 0.6 is 0 Å². The molecule has 4 heteroatoms. The van der Waals surface area contributed by atoms with Gasteiger partial charge in [-0.3, -0.25) is 14.9 Å². The first kappa shape index (κ1) is 17.8. The van der Waals surface area contributed by atoms with Crippen LogP contribution in [0, 0.1) is 0 Å². The van der Waals surface area contributed by atoms with Crippen molar-refractivity contribution >= 4 is 0 Å². The quantitative estimate of drug-likeness (QED) is 0.657. The summed E-state index contributed by atoms with van der Waals surface area (Å²) in [6.45, 7) is 3.73. The zero-order chi connectivity index (χ0) is 18.3. The summed E-state index contributed by atoms with van der Waals surface area (Å²) in [6, 6.07) is 18.8. The van der Waals surface area contributed by atoms with Crippen molar-refractivity contribution in [3.05, 3.63) is 84.3 Å². The molecular formula is C23H25N3O. The third-order valence-corrected chi connectivity index (χ3v) is 4.99. The molecule has 0 amide bonds. The monoisotopic (exact) mass is 359 g/mol. The number of nitrogens with zero attached hydrogens (tertiary/aromatic N) is 3. The maximum Gasteiger partial charge on any atom is 0.0736 e. The van der Waals surface area contributed by atoms with Crippen LogP contribution in [0.2, 0.25) is 0 Å². The summed E-state index contributed by atoms with van der Waals surface area (Å²) < 4.78 is 6.12. The first-order valence-corrected chi connectivity index (χ1v) is 9.60. The number of hydrogen-bond donors (Lipinski definition) is 0. The molecular weight excluding hydrogens is 334 g/mol. The van der Waals surface area contributed by atoms with Crippen LogP contribution in [-0.2, 0) is 17.9 Å². The second kappa shape index (κ2) is 8.89. The molecule has 0 spiro atoms. The molecule has 1 fully saturated rings. The molecule has 0 bridgehead atoms. The van der Waals surface area contributed by atoms with Crippen LogP contribution in [0.5, 0.6) is 0 Å². The summed E-state index contributed by atoms with van der Waals surface area (Å²) >= 11 is 0. The number of piperidine rings is 1. The highest BCUT2D eigenvalue weighted by Crippen LogP contribution is 2.20. The van der Waals surface area contributed by atoms with Crippen molar-refractivity contribution in [1.29, 1.82) is 0 Å². The second-order valence-corrected chi connectivity index (χ2v) is 7.08. The summed E-state index contributed by atoms with van der Waals surface area (Å²) in [4.78, 5) is 11.1. The summed E-state index contributed by atoms with van der Waals surface area (Å²) in [5.74, 6) is 0. The van der Waals surface area contributed by atoms with Crippen molar-refractivity contribution in [2.24, 2.45) is 0 Å². The van der Waals surface area contributed by atoms with Gasteiger partial charge in [0.2, 0.25) is 0 Å². The third-order valence-electron chi connectivity index (χ3n) is 4.99. The molecule has 1 atom stereocenters. The molecule has 0 aliphatic carbocycles. The SMILES string of the molecule is c1ccc(-c2ccc(CN3CCC[C@@H](OCc4cccnc4)C3)cc2)nc1. The summed E-state index contributed by atoms with van der Waals surface area (Å²) in [5, 5.41) is 0. The van der Waals surface area contributed by atoms with Gasteiger partial charge in [-0.2, -0.15) is 0 Å². The van der Waals surface area contributed by atoms with Crippen molar-refractivity contribution in [1.82, 2.24) is 14.9 Å². The van der Waals surface area contributed by atoms with Gasteiger partial charge in [-0.25, -0.2) is 0 Å². The predicted octanol–water partition coefficient (Wildman–Crippen LogP) is 4.32. The molecule has 27 heavy (non-hydrogen) atoms. The molecule has 1 aromatic carbocycles. The fourth-order valence-electron chi connectivity index (χ4n) is 3.56. The van der Waals surface area contributed by atoms with E-state index in [1.807, 2.05) is 36.7 Å². The first-order chi connectivity index (χ1) is 13.4. The Hall–Kier alpha value is -2.56. The largest absolute Gasteiger partial charge is 0.372 e. The molecule has 0 saturated carbocycles. The minimum Gasteiger partial charge on any atom is -0.372 e. The molecule has 3 heterocycles. The lowest BCUT2D eigenvalue weighted by atomic mass is 10.1. The van der Waals surface area contributed by atoms with E-state index in [1.54, 1.807) is 6.20 Å². The predicted molar refractivity (Wildman–Crippen MR) is 107 cm³/mol. The second-order valence-electron chi connectivity index (χ2n) is 7.08. The van der Waals surface area contributed by atoms with Crippen molar-refractivity contribution in [2.75, 3.05) is 13.1 Å². The molecule has 0 N–H and O–H groups in total. The van der Waals surface area contributed by atoms with E-state index in [0.29, 0.717) is 12.7 Å². The van der Waals surface area contributed by atoms with E-state index < -0.39 is 0 Å². The molecule has 3 aromatic rings. The van der Waals surface area contributed by atoms with Gasteiger partial charge in [-0.15, -0.1) is 0 Å². The maximum absolute atomic E-state index is 6.12. The lowest BCUT2D eigenvalue weighted by molar-refractivity contribution is -0.0121. The molecule has 1 saturated heterocycles. The molecule has 2 aromatic heterocycles. The fourth-order valence-corrected chi connectivity index (χ4v) is 3.56. The Morgan fingerprint density at radius 2 is 1.89 bits per heavy atom. The number of pyridine rings is 2. The Kier molecular flexibility index (Phi) is 5.87. The highest BCUT2D eigenvalue weighted by atomic mass is 16.5. The van der Waals surface area contributed by atoms with Crippen LogP contribution in [0.1, 0.15) is 24.0 Å². The van der Waals surface area contributed by atoms with Gasteiger partial charge >= 0.3 is 0 Å². The van der Waals surface area contributed by atoms with Crippen LogP contribution in [-0.4, -0.2) is 34.1 Å². The number of ether oxygens (including phenoxy) is 1. The van der Waals surface area contributed by atoms with Crippen LogP contribution in [0.3, 0.4) is 0 Å². The van der Waals surface area contributed by atoms with E-state index in [0.717, 1.165) is 42.9 Å². The number of aromatic nitrogens is 2. The van der Waals surface area contributed by atoms with Gasteiger partial charge < -0.3 is 4.74 Å². The molecule has 138 valence electrons. The minimum absolute atomic E-state index is 0.298. The number of likely N-dealkylation sites (tertiary alicyclic amines) is 1. The Balaban J connectivity index is 1.31. The van der Waals surface area contributed by atoms with Gasteiger partial charge in [-0.05, 0) is 48.7 Å². The van der Waals surface area contributed by atoms with Gasteiger partial charge in [0, 0.05) is 37.2 Å². The van der Waals surface area contributed by atoms with Crippen LogP contribution in [0.4, 0.5) is 0 Å². The highest BCUT2D eigenvalue weighted by Gasteiger charge is 2.20. The minimum atomic E-state index is 0.298. The molecule has 1 aliphatic rings. The Morgan fingerprint density at radius 3 is 2.67 bits per heavy atom. The van der Waals surface area contributed by atoms with Gasteiger partial charge in [0.25, 0.3) is 0 Å². The van der Waals surface area contributed by atoms with Crippen molar-refractivity contribution in [3.63, 3.8) is 0 Å². The molecule has 4 rings (SSSR count). The Labute approximate surface area is 160 Å². The summed E-state index contributed by atoms with van der Waals surface area (Å²) in [7, 11) is 0. The maximum atomic E-state index is 6.12. The van der Waals surface area contributed by atoms with Crippen LogP contribution in [0.15, 0.2) is 73.2 Å². The van der Waals surface area contributed by atoms with E-state index in [9.17, 15) is 0 Å². The van der Waals surface area contributed by atoms with Gasteiger partial charge in [0.05, 0.1) is 18.4 Å². The van der Waals surface area contributed by atoms with E-state index in [2.05, 4.69) is 45.2 Å². The van der Waals surface area contributed by atoms with Crippen molar-refractivity contribution in [2.45, 2.75) is 32.1 Å². The molecule has 0 radical (unpaired) electrons. The Morgan fingerprint density at radius 1 is 0.963 bits per heavy atom. The van der Waals surface area contributed by atoms with Crippen molar-refractivity contribution < 1.29 is 4.74 Å². The van der Waals surface area contributed by atoms with E-state index in [1.165, 1.54) is 12.0 Å². The topological polar surface area (TPSA) is 38.2 Å². The van der Waals surface area contributed by atoms with Crippen molar-refractivity contribution in [3.8, 4) is 11.3 Å². The molecule has 4 nitrogen and oxygen atoms in total. The van der Waals surface area contributed by atoms with Gasteiger partial charge in [-0.1, -0.05) is 36.4 Å². The van der Waals surface area contributed by atoms with Crippen LogP contribution in [0.25, 0.3) is 11.3 Å². The third kappa shape index (κ3) is 5.00. The zero-order valence-corrected chi connectivity index (χ0v) is 15.5. The standard InChI is InChI=1S/C23H25N3O/c1-2-13-25-23(7-1)21-10-8-19(9-11-21)16-26-14-4-6-22(17-26)27-18-20-5-3-12-24-15-20/h1-3,5,7-13,15,22H,4,6,14,16-18H2/t22-/m1/s1. The lowest BCUT2D eigenvalue weighted by Gasteiger charge is -2.32. The Bertz CT molecular complexity index is 821. The highest BCUT2D eigenvalue weighted by molar-refractivity contribution is 5.58. The summed E-state index contributed by atoms with van der Waals surface area (Å²) in [5.41, 5.74) is 4.66. The number of hydrogen-bond acceptors (Lipinski definition) is 4. The van der Waals surface area contributed by atoms with Gasteiger partial charge in [0.15, 0.2) is 0 Å². The van der Waals surface area contributed by atoms with Gasteiger partial charge in [0.1, 0.15) is 0 Å². The number of benzene rings is 1. The number of rotatable bonds is 6. The molecule has 0 unspecified atom stereocenters. The van der Waals surface area contributed by atoms with Crippen LogP contribution < -0.4 is 0 Å². The molecule has 1 aliphatic heterocycles.